The van der Waals surface area contributed by atoms with Crippen LogP contribution < -0.4 is 38.1 Å². The minimum Gasteiger partial charge on any atom is -0.497 e. The Bertz CT molecular complexity index is 1930. The average Bonchev–Trinajstić information content (AvgIpc) is 3.22. The summed E-state index contributed by atoms with van der Waals surface area (Å²) in [6, 6.07) is 29.5. The van der Waals surface area contributed by atoms with Crippen molar-refractivity contribution in [3.05, 3.63) is 102 Å². The molecule has 1 fully saturated rings. The van der Waals surface area contributed by atoms with Gasteiger partial charge in [0.15, 0.2) is 23.0 Å². The number of benzene rings is 4. The minimum absolute atomic E-state index is 0.350. The van der Waals surface area contributed by atoms with E-state index in [4.69, 9.17) is 38.1 Å². The number of likely N-dealkylation sites (tertiary alicyclic amines) is 1. The smallest absolute Gasteiger partial charge is 0.203 e. The van der Waals surface area contributed by atoms with Crippen LogP contribution in [0.4, 0.5) is 5.69 Å². The van der Waals surface area contributed by atoms with Crippen molar-refractivity contribution >= 4 is 5.69 Å². The molecule has 5 aromatic rings. The van der Waals surface area contributed by atoms with Crippen LogP contribution in [0.25, 0.3) is 22.4 Å². The Morgan fingerprint density at radius 1 is 0.585 bits per heavy atom. The lowest BCUT2D eigenvalue weighted by Gasteiger charge is -2.40. The molecule has 0 unspecified atom stereocenters. The molecule has 0 aliphatic carbocycles. The van der Waals surface area contributed by atoms with Crippen LogP contribution in [-0.2, 0) is 13.1 Å². The van der Waals surface area contributed by atoms with Gasteiger partial charge in [-0.05, 0) is 102 Å². The topological polar surface area (TPSA) is 84.0 Å². The third-order valence-corrected chi connectivity index (χ3v) is 9.87. The summed E-state index contributed by atoms with van der Waals surface area (Å²) in [5.41, 5.74) is 7.42. The van der Waals surface area contributed by atoms with Gasteiger partial charge in [-0.25, -0.2) is 0 Å². The summed E-state index contributed by atoms with van der Waals surface area (Å²) in [6.45, 7) is 3.57. The molecule has 4 aromatic carbocycles. The Hall–Kier alpha value is -5.61. The molecule has 0 saturated carbocycles. The minimum atomic E-state index is 0.350. The quantitative estimate of drug-likeness (QED) is 0.106. The molecule has 0 radical (unpaired) electrons. The van der Waals surface area contributed by atoms with Gasteiger partial charge >= 0.3 is 0 Å². The van der Waals surface area contributed by atoms with Gasteiger partial charge in [-0.2, -0.15) is 0 Å². The molecular weight excluding hydrogens is 670 g/mol. The van der Waals surface area contributed by atoms with Crippen molar-refractivity contribution < 1.29 is 33.2 Å². The van der Waals surface area contributed by atoms with Crippen molar-refractivity contribution in [2.24, 2.45) is 0 Å². The van der Waals surface area contributed by atoms with Crippen LogP contribution in [-0.4, -0.2) is 78.8 Å². The zero-order valence-electron chi connectivity index (χ0n) is 31.7. The number of aromatic nitrogens is 1. The number of rotatable bonds is 15. The zero-order chi connectivity index (χ0) is 37.3. The van der Waals surface area contributed by atoms with Gasteiger partial charge in [0, 0.05) is 49.7 Å². The summed E-state index contributed by atoms with van der Waals surface area (Å²) in [4.78, 5) is 9.79. The van der Waals surface area contributed by atoms with Crippen LogP contribution in [0.2, 0.25) is 0 Å². The van der Waals surface area contributed by atoms with Gasteiger partial charge in [0.25, 0.3) is 0 Å². The molecule has 0 spiro atoms. The molecule has 0 N–H and O–H groups in total. The van der Waals surface area contributed by atoms with Crippen molar-refractivity contribution in [1.82, 2.24) is 9.88 Å². The van der Waals surface area contributed by atoms with Crippen LogP contribution in [0.3, 0.4) is 0 Å². The Morgan fingerprint density at radius 3 is 1.72 bits per heavy atom. The molecule has 2 heterocycles. The number of anilines is 1. The molecule has 1 aliphatic heterocycles. The van der Waals surface area contributed by atoms with E-state index in [9.17, 15) is 0 Å². The second-order valence-corrected chi connectivity index (χ2v) is 12.9. The summed E-state index contributed by atoms with van der Waals surface area (Å²) in [5, 5.41) is 0. The highest BCUT2D eigenvalue weighted by atomic mass is 16.5. The summed E-state index contributed by atoms with van der Waals surface area (Å²) in [7, 11) is 11.5. The predicted molar refractivity (Wildman–Crippen MR) is 208 cm³/mol. The van der Waals surface area contributed by atoms with E-state index >= 15 is 0 Å². The first kappa shape index (κ1) is 37.2. The molecular formula is C43H49N3O7. The molecule has 0 bridgehead atoms. The second kappa shape index (κ2) is 17.3. The van der Waals surface area contributed by atoms with Crippen LogP contribution in [0.15, 0.2) is 91.1 Å². The van der Waals surface area contributed by atoms with E-state index in [2.05, 4.69) is 58.3 Å². The highest BCUT2D eigenvalue weighted by molar-refractivity contribution is 5.72. The Morgan fingerprint density at radius 2 is 1.17 bits per heavy atom. The number of nitrogens with zero attached hydrogens (tertiary/aromatic N) is 3. The zero-order valence-corrected chi connectivity index (χ0v) is 31.7. The normalized spacial score (nSPS) is 13.3. The summed E-state index contributed by atoms with van der Waals surface area (Å²) in [5.74, 6) is 4.44. The van der Waals surface area contributed by atoms with Gasteiger partial charge in [0.1, 0.15) is 5.75 Å². The number of ether oxygens (including phenoxy) is 7. The molecule has 1 saturated heterocycles. The van der Waals surface area contributed by atoms with Crippen molar-refractivity contribution in [2.45, 2.75) is 32.0 Å². The Labute approximate surface area is 312 Å². The fourth-order valence-electron chi connectivity index (χ4n) is 7.11. The fraction of sp³-hybridized carbons (Fsp3) is 0.326. The second-order valence-electron chi connectivity index (χ2n) is 12.9. The molecule has 0 amide bonds. The van der Waals surface area contributed by atoms with E-state index in [-0.39, 0.29) is 0 Å². The molecule has 1 aliphatic rings. The number of methoxy groups -OCH3 is 7. The molecule has 6 rings (SSSR count). The maximum absolute atomic E-state index is 5.62. The Kier molecular flexibility index (Phi) is 12.1. The van der Waals surface area contributed by atoms with E-state index in [0.29, 0.717) is 40.5 Å². The molecule has 10 nitrogen and oxygen atoms in total. The van der Waals surface area contributed by atoms with Gasteiger partial charge in [-0.1, -0.05) is 18.2 Å². The lowest BCUT2D eigenvalue weighted by molar-refractivity contribution is 0.201. The van der Waals surface area contributed by atoms with Gasteiger partial charge in [-0.15, -0.1) is 0 Å². The van der Waals surface area contributed by atoms with Gasteiger partial charge in [0.2, 0.25) is 11.5 Å². The van der Waals surface area contributed by atoms with Crippen molar-refractivity contribution in [1.29, 1.82) is 0 Å². The first-order valence-corrected chi connectivity index (χ1v) is 17.7. The lowest BCUT2D eigenvalue weighted by Crippen LogP contribution is -2.44. The van der Waals surface area contributed by atoms with Crippen molar-refractivity contribution in [3.8, 4) is 62.6 Å². The molecule has 1 aromatic heterocycles. The fourth-order valence-corrected chi connectivity index (χ4v) is 7.11. The van der Waals surface area contributed by atoms with Crippen molar-refractivity contribution in [3.63, 3.8) is 0 Å². The summed E-state index contributed by atoms with van der Waals surface area (Å²) in [6.07, 6.45) is 3.93. The monoisotopic (exact) mass is 719 g/mol. The maximum atomic E-state index is 5.62. The highest BCUT2D eigenvalue weighted by Crippen LogP contribution is 2.42. The molecule has 10 heteroatoms. The number of hydrogen-bond donors (Lipinski definition) is 0. The maximum Gasteiger partial charge on any atom is 0.203 e. The van der Waals surface area contributed by atoms with Crippen LogP contribution in [0.1, 0.15) is 24.0 Å². The summed E-state index contributed by atoms with van der Waals surface area (Å²) >= 11 is 0. The predicted octanol–water partition coefficient (Wildman–Crippen LogP) is 8.15. The van der Waals surface area contributed by atoms with Crippen LogP contribution in [0.5, 0.6) is 40.2 Å². The van der Waals surface area contributed by atoms with E-state index in [0.717, 1.165) is 78.4 Å². The Balaban J connectivity index is 1.20. The molecule has 278 valence electrons. The first-order chi connectivity index (χ1) is 25.9. The summed E-state index contributed by atoms with van der Waals surface area (Å²) < 4.78 is 39.0. The van der Waals surface area contributed by atoms with Crippen LogP contribution in [0, 0.1) is 0 Å². The number of pyridine rings is 1. The molecule has 0 atom stereocenters. The van der Waals surface area contributed by atoms with Gasteiger partial charge in [0.05, 0.1) is 55.5 Å². The van der Waals surface area contributed by atoms with Gasteiger partial charge in [-0.3, -0.25) is 9.88 Å². The van der Waals surface area contributed by atoms with Gasteiger partial charge < -0.3 is 38.1 Å². The number of piperidine rings is 1. The van der Waals surface area contributed by atoms with E-state index < -0.39 is 0 Å². The van der Waals surface area contributed by atoms with E-state index in [1.807, 2.05) is 42.6 Å². The third kappa shape index (κ3) is 8.39. The SMILES string of the molecule is COc1ccc(N(Cc2ccnc(-c3cc(OC)c(OC)c(OC)c3)c2)C2CCN(Cc3cccc(-c4cc(OC)c(OC)c(OC)c4)c3)CC2)cc1. The largest absolute Gasteiger partial charge is 0.497 e. The average molecular weight is 720 g/mol. The molecule has 53 heavy (non-hydrogen) atoms. The van der Waals surface area contributed by atoms with Crippen LogP contribution >= 0.6 is 0 Å². The van der Waals surface area contributed by atoms with E-state index in [1.165, 1.54) is 5.56 Å². The lowest BCUT2D eigenvalue weighted by atomic mass is 9.99. The standard InChI is InChI=1S/C43H49N3O7/c1-47-36-13-11-34(12-14-36)46(28-30-15-18-44-37(22-30)33-25-40(50-4)43(53-7)41(26-33)51-5)35-16-19-45(20-17-35)27-29-9-8-10-31(21-29)32-23-38(48-2)42(52-6)39(24-32)49-3/h8-15,18,21-26,35H,16-17,19-20,27-28H2,1-7H3. The first-order valence-electron chi connectivity index (χ1n) is 17.7. The third-order valence-electron chi connectivity index (χ3n) is 9.87. The van der Waals surface area contributed by atoms with Crippen molar-refractivity contribution in [2.75, 3.05) is 67.8 Å². The number of hydrogen-bond acceptors (Lipinski definition) is 10. The van der Waals surface area contributed by atoms with E-state index in [1.54, 1.807) is 49.8 Å². The highest BCUT2D eigenvalue weighted by Gasteiger charge is 2.26.